The van der Waals surface area contributed by atoms with Gasteiger partial charge >= 0.3 is 0 Å². The molecule has 0 spiro atoms. The molecular formula is C22H28N2OS2. The Labute approximate surface area is 169 Å². The topological polar surface area (TPSA) is 42.0 Å². The second kappa shape index (κ2) is 7.07. The lowest BCUT2D eigenvalue weighted by Gasteiger charge is -2.59. The van der Waals surface area contributed by atoms with Crippen molar-refractivity contribution in [2.24, 2.45) is 23.2 Å². The van der Waals surface area contributed by atoms with Crippen LogP contribution < -0.4 is 5.32 Å². The van der Waals surface area contributed by atoms with E-state index in [1.54, 1.807) is 23.1 Å². The number of carbonyl (C=O) groups is 1. The van der Waals surface area contributed by atoms with Gasteiger partial charge in [-0.25, -0.2) is 4.98 Å². The number of thioether (sulfide) groups is 1. The van der Waals surface area contributed by atoms with Gasteiger partial charge in [0.1, 0.15) is 0 Å². The number of hydrogen-bond acceptors (Lipinski definition) is 4. The molecule has 5 heteroatoms. The molecule has 1 aromatic heterocycles. The van der Waals surface area contributed by atoms with Gasteiger partial charge in [0.2, 0.25) is 5.91 Å². The fourth-order valence-electron chi connectivity index (χ4n) is 6.57. The van der Waals surface area contributed by atoms with Crippen molar-refractivity contribution in [1.29, 1.82) is 0 Å². The van der Waals surface area contributed by atoms with Crippen molar-refractivity contribution < 1.29 is 4.79 Å². The first-order chi connectivity index (χ1) is 13.1. The standard InChI is InChI=1S/C22H28N2OS2/c1-2-19(22-10-14-7-15(11-22)9-16(8-14)12-22)24-20(25)13-26-21-23-17-5-3-4-6-18(17)27-21/h3-6,14-16,19H,2,7-13H2,1H3,(H,24,25)/t14?,15?,16?,19-,22?/m1/s1. The summed E-state index contributed by atoms with van der Waals surface area (Å²) in [4.78, 5) is 17.4. The maximum absolute atomic E-state index is 12.7. The summed E-state index contributed by atoms with van der Waals surface area (Å²) in [5, 5.41) is 3.44. The van der Waals surface area contributed by atoms with Crippen LogP contribution in [0.2, 0.25) is 0 Å². The first-order valence-corrected chi connectivity index (χ1v) is 12.2. The smallest absolute Gasteiger partial charge is 0.230 e. The molecule has 0 unspecified atom stereocenters. The number of carbonyl (C=O) groups excluding carboxylic acids is 1. The van der Waals surface area contributed by atoms with Crippen LogP contribution in [-0.4, -0.2) is 22.7 Å². The first kappa shape index (κ1) is 18.0. The van der Waals surface area contributed by atoms with E-state index >= 15 is 0 Å². The number of nitrogens with zero attached hydrogens (tertiary/aromatic N) is 1. The van der Waals surface area contributed by atoms with Crippen LogP contribution in [-0.2, 0) is 4.79 Å². The molecule has 4 aliphatic rings. The summed E-state index contributed by atoms with van der Waals surface area (Å²) in [6.45, 7) is 2.25. The van der Waals surface area contributed by atoms with Crippen molar-refractivity contribution >= 4 is 39.2 Å². The summed E-state index contributed by atoms with van der Waals surface area (Å²) >= 11 is 3.26. The van der Waals surface area contributed by atoms with Crippen molar-refractivity contribution in [3.05, 3.63) is 24.3 Å². The van der Waals surface area contributed by atoms with Crippen LogP contribution in [0.3, 0.4) is 0 Å². The van der Waals surface area contributed by atoms with Crippen LogP contribution in [0.15, 0.2) is 28.6 Å². The van der Waals surface area contributed by atoms with Gasteiger partial charge in [0.05, 0.1) is 16.0 Å². The molecule has 0 saturated heterocycles. The van der Waals surface area contributed by atoms with Crippen LogP contribution in [0, 0.1) is 23.2 Å². The minimum absolute atomic E-state index is 0.182. The Bertz CT molecular complexity index is 777. The van der Waals surface area contributed by atoms with Crippen molar-refractivity contribution in [1.82, 2.24) is 10.3 Å². The van der Waals surface area contributed by atoms with Gasteiger partial charge in [0, 0.05) is 6.04 Å². The fourth-order valence-corrected chi connectivity index (χ4v) is 8.45. The zero-order valence-electron chi connectivity index (χ0n) is 15.9. The number of fused-ring (bicyclic) bond motifs is 1. The predicted octanol–water partition coefficient (Wildman–Crippen LogP) is 5.50. The summed E-state index contributed by atoms with van der Waals surface area (Å²) in [6, 6.07) is 8.54. The van der Waals surface area contributed by atoms with E-state index in [1.165, 1.54) is 43.2 Å². The Morgan fingerprint density at radius 2 is 1.89 bits per heavy atom. The van der Waals surface area contributed by atoms with Crippen LogP contribution in [0.1, 0.15) is 51.9 Å². The minimum Gasteiger partial charge on any atom is -0.352 e. The Kier molecular flexibility index (Phi) is 4.71. The van der Waals surface area contributed by atoms with Gasteiger partial charge in [-0.05, 0) is 80.2 Å². The second-order valence-corrected chi connectivity index (χ2v) is 11.3. The maximum atomic E-state index is 12.7. The molecule has 1 amide bonds. The number of rotatable bonds is 6. The molecule has 27 heavy (non-hydrogen) atoms. The third kappa shape index (κ3) is 3.42. The lowest BCUT2D eigenvalue weighted by atomic mass is 9.47. The number of hydrogen-bond donors (Lipinski definition) is 1. The highest BCUT2D eigenvalue weighted by Crippen LogP contribution is 2.61. The molecule has 4 bridgehead atoms. The molecule has 6 rings (SSSR count). The van der Waals surface area contributed by atoms with Gasteiger partial charge in [-0.2, -0.15) is 0 Å². The molecule has 0 aliphatic heterocycles. The summed E-state index contributed by atoms with van der Waals surface area (Å²) in [6.07, 6.45) is 9.48. The van der Waals surface area contributed by atoms with Gasteiger partial charge in [-0.3, -0.25) is 4.79 Å². The third-order valence-electron chi connectivity index (χ3n) is 7.17. The molecule has 0 radical (unpaired) electrons. The lowest BCUT2D eigenvalue weighted by molar-refractivity contribution is -0.124. The SMILES string of the molecule is CC[C@@H](NC(=O)CSc1nc2ccccc2s1)C12CC3CC(CC(C3)C1)C2. The molecule has 3 nitrogen and oxygen atoms in total. The Balaban J connectivity index is 1.23. The van der Waals surface area contributed by atoms with Gasteiger partial charge < -0.3 is 5.32 Å². The minimum atomic E-state index is 0.182. The zero-order valence-corrected chi connectivity index (χ0v) is 17.6. The third-order valence-corrected chi connectivity index (χ3v) is 9.35. The Hall–Kier alpha value is -1.07. The molecule has 1 atom stereocenters. The van der Waals surface area contributed by atoms with Crippen molar-refractivity contribution in [3.63, 3.8) is 0 Å². The summed E-state index contributed by atoms with van der Waals surface area (Å²) in [7, 11) is 0. The van der Waals surface area contributed by atoms with Crippen molar-refractivity contribution in [3.8, 4) is 0 Å². The summed E-state index contributed by atoms with van der Waals surface area (Å²) in [5.41, 5.74) is 1.42. The van der Waals surface area contributed by atoms with E-state index in [2.05, 4.69) is 23.3 Å². The second-order valence-electron chi connectivity index (χ2n) is 9.04. The molecule has 4 saturated carbocycles. The fraction of sp³-hybridized carbons (Fsp3) is 0.636. The molecule has 4 fully saturated rings. The number of amides is 1. The van der Waals surface area contributed by atoms with E-state index in [4.69, 9.17) is 0 Å². The number of thiazole rings is 1. The number of benzene rings is 1. The average Bonchev–Trinajstić information content (AvgIpc) is 3.06. The molecule has 1 heterocycles. The van der Waals surface area contributed by atoms with Crippen LogP contribution >= 0.6 is 23.1 Å². The zero-order chi connectivity index (χ0) is 18.4. The van der Waals surface area contributed by atoms with E-state index in [1.807, 2.05) is 18.2 Å². The van der Waals surface area contributed by atoms with E-state index in [9.17, 15) is 4.79 Å². The van der Waals surface area contributed by atoms with Gasteiger partial charge in [-0.1, -0.05) is 30.8 Å². The van der Waals surface area contributed by atoms with Crippen molar-refractivity contribution in [2.75, 3.05) is 5.75 Å². The molecule has 144 valence electrons. The summed E-state index contributed by atoms with van der Waals surface area (Å²) in [5.74, 6) is 3.45. The molecular weight excluding hydrogens is 372 g/mol. The summed E-state index contributed by atoms with van der Waals surface area (Å²) < 4.78 is 2.19. The Morgan fingerprint density at radius 1 is 1.22 bits per heavy atom. The van der Waals surface area contributed by atoms with E-state index in [-0.39, 0.29) is 5.91 Å². The molecule has 2 aromatic rings. The quantitative estimate of drug-likeness (QED) is 0.651. The highest BCUT2D eigenvalue weighted by atomic mass is 32.2. The lowest BCUT2D eigenvalue weighted by Crippen LogP contribution is -2.57. The van der Waals surface area contributed by atoms with Gasteiger partial charge in [-0.15, -0.1) is 11.3 Å². The van der Waals surface area contributed by atoms with Crippen LogP contribution in [0.25, 0.3) is 10.2 Å². The van der Waals surface area contributed by atoms with E-state index < -0.39 is 0 Å². The maximum Gasteiger partial charge on any atom is 0.230 e. The number of nitrogens with one attached hydrogen (secondary N) is 1. The Morgan fingerprint density at radius 3 is 2.52 bits per heavy atom. The normalized spacial score (nSPS) is 32.7. The predicted molar refractivity (Wildman–Crippen MR) is 113 cm³/mol. The van der Waals surface area contributed by atoms with Gasteiger partial charge in [0.25, 0.3) is 0 Å². The van der Waals surface area contributed by atoms with Crippen LogP contribution in [0.4, 0.5) is 0 Å². The van der Waals surface area contributed by atoms with E-state index in [0.717, 1.165) is 34.0 Å². The largest absolute Gasteiger partial charge is 0.352 e. The highest BCUT2D eigenvalue weighted by Gasteiger charge is 2.53. The average molecular weight is 401 g/mol. The van der Waals surface area contributed by atoms with Gasteiger partial charge in [0.15, 0.2) is 4.34 Å². The molecule has 4 aliphatic carbocycles. The van der Waals surface area contributed by atoms with E-state index in [0.29, 0.717) is 17.2 Å². The number of para-hydroxylation sites is 1. The van der Waals surface area contributed by atoms with Crippen LogP contribution in [0.5, 0.6) is 0 Å². The first-order valence-electron chi connectivity index (χ1n) is 10.4. The van der Waals surface area contributed by atoms with Crippen molar-refractivity contribution in [2.45, 2.75) is 62.3 Å². The number of aromatic nitrogens is 1. The monoisotopic (exact) mass is 400 g/mol. The molecule has 1 aromatic carbocycles. The highest BCUT2D eigenvalue weighted by molar-refractivity contribution is 8.01. The molecule has 1 N–H and O–H groups in total.